The summed E-state index contributed by atoms with van der Waals surface area (Å²) in [6.07, 6.45) is 0.285. The van der Waals surface area contributed by atoms with Crippen molar-refractivity contribution < 1.29 is 19.1 Å². The first-order chi connectivity index (χ1) is 6.13. The van der Waals surface area contributed by atoms with Gasteiger partial charge in [-0.25, -0.2) is 0 Å². The quantitative estimate of drug-likeness (QED) is 0.661. The Morgan fingerprint density at radius 2 is 2.07 bits per heavy atom. The molecule has 1 saturated heterocycles. The molecule has 82 valence electrons. The van der Waals surface area contributed by atoms with Crippen LogP contribution in [-0.4, -0.2) is 37.7 Å². The van der Waals surface area contributed by atoms with Gasteiger partial charge in [-0.2, -0.15) is 0 Å². The van der Waals surface area contributed by atoms with Crippen LogP contribution >= 0.6 is 12.4 Å². The molecule has 0 aromatic carbocycles. The van der Waals surface area contributed by atoms with Gasteiger partial charge in [0.2, 0.25) is 0 Å². The summed E-state index contributed by atoms with van der Waals surface area (Å²) in [7, 11) is 1.34. The lowest BCUT2D eigenvalue weighted by Crippen LogP contribution is -2.31. The lowest BCUT2D eigenvalue weighted by atomic mass is 10.2. The molecule has 0 bridgehead atoms. The number of hydrogen-bond acceptors (Lipinski definition) is 5. The first-order valence-corrected chi connectivity index (χ1v) is 4.12. The molecule has 0 aliphatic carbocycles. The van der Waals surface area contributed by atoms with E-state index in [1.807, 2.05) is 0 Å². The fourth-order valence-corrected chi connectivity index (χ4v) is 1.35. The van der Waals surface area contributed by atoms with Gasteiger partial charge in [-0.1, -0.05) is 0 Å². The van der Waals surface area contributed by atoms with Crippen molar-refractivity contribution in [1.82, 2.24) is 5.32 Å². The largest absolute Gasteiger partial charge is 0.468 e. The average Bonchev–Trinajstić information content (AvgIpc) is 2.50. The predicted molar refractivity (Wildman–Crippen MR) is 51.2 cm³/mol. The molecule has 2 atom stereocenters. The topological polar surface area (TPSA) is 64.6 Å². The summed E-state index contributed by atoms with van der Waals surface area (Å²) in [5, 5.41) is 2.91. The normalized spacial score (nSPS) is 25.0. The smallest absolute Gasteiger partial charge is 0.323 e. The van der Waals surface area contributed by atoms with Crippen molar-refractivity contribution in [3.05, 3.63) is 0 Å². The molecular weight excluding hydrogens is 210 g/mol. The fourth-order valence-electron chi connectivity index (χ4n) is 1.35. The highest BCUT2D eigenvalue weighted by molar-refractivity contribution is 5.85. The third-order valence-corrected chi connectivity index (χ3v) is 1.91. The molecule has 0 saturated carbocycles. The fraction of sp³-hybridized carbons (Fsp3) is 0.750. The summed E-state index contributed by atoms with van der Waals surface area (Å²) in [5.41, 5.74) is 0. The van der Waals surface area contributed by atoms with E-state index in [1.54, 1.807) is 0 Å². The Labute approximate surface area is 88.5 Å². The van der Waals surface area contributed by atoms with Crippen LogP contribution in [0.1, 0.15) is 13.3 Å². The van der Waals surface area contributed by atoms with Crippen molar-refractivity contribution in [3.63, 3.8) is 0 Å². The molecule has 0 spiro atoms. The molecule has 5 nitrogen and oxygen atoms in total. The number of carbonyl (C=O) groups excluding carboxylic acids is 2. The van der Waals surface area contributed by atoms with Gasteiger partial charge in [0.05, 0.1) is 7.11 Å². The summed E-state index contributed by atoms with van der Waals surface area (Å²) in [6, 6.07) is -0.339. The number of esters is 2. The van der Waals surface area contributed by atoms with E-state index in [0.717, 1.165) is 0 Å². The Morgan fingerprint density at radius 1 is 1.43 bits per heavy atom. The van der Waals surface area contributed by atoms with Gasteiger partial charge in [0.15, 0.2) is 0 Å². The average molecular weight is 224 g/mol. The second-order valence-corrected chi connectivity index (χ2v) is 2.95. The highest BCUT2D eigenvalue weighted by Gasteiger charge is 2.31. The highest BCUT2D eigenvalue weighted by Crippen LogP contribution is 2.11. The standard InChI is InChI=1S/C8H13NO4.ClH/c1-5(10)13-6-3-7(9-4-6)8(11)12-2;/h6-7,9H,3-4H2,1-2H3;1H/t6-,7-;/m0./s1. The van der Waals surface area contributed by atoms with E-state index in [4.69, 9.17) is 4.74 Å². The molecule has 14 heavy (non-hydrogen) atoms. The maximum atomic E-state index is 11.0. The maximum absolute atomic E-state index is 11.0. The zero-order chi connectivity index (χ0) is 9.84. The van der Waals surface area contributed by atoms with Crippen molar-refractivity contribution >= 4 is 24.3 Å². The number of rotatable bonds is 2. The zero-order valence-electron chi connectivity index (χ0n) is 8.11. The van der Waals surface area contributed by atoms with Gasteiger partial charge in [-0.3, -0.25) is 9.59 Å². The molecular formula is C8H14ClNO4. The maximum Gasteiger partial charge on any atom is 0.323 e. The van der Waals surface area contributed by atoms with Crippen molar-refractivity contribution in [3.8, 4) is 0 Å². The molecule has 0 aromatic rings. The summed E-state index contributed by atoms with van der Waals surface area (Å²) in [4.78, 5) is 21.6. The SMILES string of the molecule is COC(=O)[C@@H]1C[C@H](OC(C)=O)CN1.Cl. The lowest BCUT2D eigenvalue weighted by Gasteiger charge is -2.08. The van der Waals surface area contributed by atoms with Crippen LogP contribution in [0.3, 0.4) is 0 Å². The molecule has 0 amide bonds. The number of ether oxygens (including phenoxy) is 2. The van der Waals surface area contributed by atoms with Gasteiger partial charge in [-0.15, -0.1) is 12.4 Å². The molecule has 0 unspecified atom stereocenters. The van der Waals surface area contributed by atoms with Gasteiger partial charge < -0.3 is 14.8 Å². The number of hydrogen-bond donors (Lipinski definition) is 1. The molecule has 1 rings (SSSR count). The van der Waals surface area contributed by atoms with Gasteiger partial charge in [0, 0.05) is 19.9 Å². The van der Waals surface area contributed by atoms with Crippen LogP contribution in [0.5, 0.6) is 0 Å². The number of carbonyl (C=O) groups is 2. The zero-order valence-corrected chi connectivity index (χ0v) is 8.93. The van der Waals surface area contributed by atoms with Gasteiger partial charge >= 0.3 is 11.9 Å². The van der Waals surface area contributed by atoms with Crippen LogP contribution < -0.4 is 5.32 Å². The van der Waals surface area contributed by atoms with Gasteiger partial charge in [0.25, 0.3) is 0 Å². The monoisotopic (exact) mass is 223 g/mol. The van der Waals surface area contributed by atoms with E-state index in [2.05, 4.69) is 10.1 Å². The molecule has 1 heterocycles. The van der Waals surface area contributed by atoms with Crippen LogP contribution in [0.15, 0.2) is 0 Å². The summed E-state index contributed by atoms with van der Waals surface area (Å²) in [5.74, 6) is -0.632. The van der Waals surface area contributed by atoms with Crippen LogP contribution in [0.25, 0.3) is 0 Å². The minimum Gasteiger partial charge on any atom is -0.468 e. The summed E-state index contributed by atoms with van der Waals surface area (Å²) < 4.78 is 9.47. The van der Waals surface area contributed by atoms with Crippen LogP contribution in [0, 0.1) is 0 Å². The Balaban J connectivity index is 0.00000169. The Kier molecular flexibility index (Phi) is 5.49. The van der Waals surface area contributed by atoms with E-state index in [1.165, 1.54) is 14.0 Å². The number of halogens is 1. The van der Waals surface area contributed by atoms with Crippen LogP contribution in [0.2, 0.25) is 0 Å². The first-order valence-electron chi connectivity index (χ1n) is 4.12. The lowest BCUT2D eigenvalue weighted by molar-refractivity contribution is -0.147. The van der Waals surface area contributed by atoms with Crippen LogP contribution in [0.4, 0.5) is 0 Å². The number of methoxy groups -OCH3 is 1. The van der Waals surface area contributed by atoms with Gasteiger partial charge in [-0.05, 0) is 0 Å². The Hall–Kier alpha value is -0.810. The summed E-state index contributed by atoms with van der Waals surface area (Å²) >= 11 is 0. The molecule has 0 aromatic heterocycles. The van der Waals surface area contributed by atoms with Gasteiger partial charge in [0.1, 0.15) is 12.1 Å². The van der Waals surface area contributed by atoms with Crippen molar-refractivity contribution in [2.45, 2.75) is 25.5 Å². The van der Waals surface area contributed by atoms with Crippen molar-refractivity contribution in [1.29, 1.82) is 0 Å². The minimum atomic E-state index is -0.339. The predicted octanol–water partition coefficient (Wildman–Crippen LogP) is -0.125. The van der Waals surface area contributed by atoms with E-state index >= 15 is 0 Å². The second kappa shape index (κ2) is 5.82. The minimum absolute atomic E-state index is 0. The third-order valence-electron chi connectivity index (χ3n) is 1.91. The van der Waals surface area contributed by atoms with Crippen molar-refractivity contribution in [2.24, 2.45) is 0 Å². The van der Waals surface area contributed by atoms with E-state index in [-0.39, 0.29) is 36.5 Å². The molecule has 6 heteroatoms. The first kappa shape index (κ1) is 13.2. The Bertz CT molecular complexity index is 221. The van der Waals surface area contributed by atoms with Crippen molar-refractivity contribution in [2.75, 3.05) is 13.7 Å². The van der Waals surface area contributed by atoms with E-state index in [9.17, 15) is 9.59 Å². The van der Waals surface area contributed by atoms with E-state index in [0.29, 0.717) is 13.0 Å². The highest BCUT2D eigenvalue weighted by atomic mass is 35.5. The molecule has 1 N–H and O–H groups in total. The molecule has 1 fully saturated rings. The molecule has 1 aliphatic heterocycles. The molecule has 1 aliphatic rings. The summed E-state index contributed by atoms with van der Waals surface area (Å²) in [6.45, 7) is 1.87. The molecule has 0 radical (unpaired) electrons. The second-order valence-electron chi connectivity index (χ2n) is 2.95. The van der Waals surface area contributed by atoms with Crippen LogP contribution in [-0.2, 0) is 19.1 Å². The third kappa shape index (κ3) is 3.51. The number of nitrogens with one attached hydrogen (secondary N) is 1. The Morgan fingerprint density at radius 3 is 2.57 bits per heavy atom. The van der Waals surface area contributed by atoms with E-state index < -0.39 is 0 Å².